The molecular weight excluding hydrogens is 534 g/mol. The van der Waals surface area contributed by atoms with E-state index < -0.39 is 0 Å². The number of carbonyl (C=O) groups is 1. The third-order valence-corrected chi connectivity index (χ3v) is 6.22. The Bertz CT molecular complexity index is 1140. The Morgan fingerprint density at radius 1 is 1.09 bits per heavy atom. The maximum absolute atomic E-state index is 12.1. The third-order valence-electron chi connectivity index (χ3n) is 5.11. The summed E-state index contributed by atoms with van der Waals surface area (Å²) in [6, 6.07) is 16.2. The minimum absolute atomic E-state index is 0.118. The molecule has 3 rings (SSSR count). The van der Waals surface area contributed by atoms with Crippen molar-refractivity contribution in [2.75, 3.05) is 6.61 Å². The van der Waals surface area contributed by atoms with Crippen LogP contribution in [0.3, 0.4) is 0 Å². The zero-order chi connectivity index (χ0) is 23.5. The smallest absolute Gasteiger partial charge is 0.277 e. The Labute approximate surface area is 206 Å². The molecule has 0 radical (unpaired) electrons. The molecule has 0 aliphatic heterocycles. The van der Waals surface area contributed by atoms with Crippen LogP contribution in [0.15, 0.2) is 62.6 Å². The molecule has 1 heterocycles. The highest BCUT2D eigenvalue weighted by atomic mass is 79.9. The number of aryl methyl sites for hydroxylation is 1. The van der Waals surface area contributed by atoms with E-state index in [1.54, 1.807) is 12.3 Å². The molecule has 3 aromatic rings. The summed E-state index contributed by atoms with van der Waals surface area (Å²) in [6.45, 7) is 10.6. The van der Waals surface area contributed by atoms with Crippen LogP contribution in [0, 0.1) is 13.8 Å². The van der Waals surface area contributed by atoms with Crippen LogP contribution in [-0.2, 0) is 10.2 Å². The molecule has 1 amide bonds. The highest BCUT2D eigenvalue weighted by molar-refractivity contribution is 9.11. The monoisotopic (exact) mass is 559 g/mol. The zero-order valence-electron chi connectivity index (χ0n) is 18.9. The van der Waals surface area contributed by atoms with E-state index >= 15 is 0 Å². The molecule has 0 aliphatic rings. The molecule has 32 heavy (non-hydrogen) atoms. The van der Waals surface area contributed by atoms with Crippen molar-refractivity contribution in [2.45, 2.75) is 40.0 Å². The Balaban J connectivity index is 1.64. The molecule has 0 unspecified atom stereocenters. The van der Waals surface area contributed by atoms with E-state index in [0.717, 1.165) is 31.6 Å². The molecule has 0 bridgehead atoms. The summed E-state index contributed by atoms with van der Waals surface area (Å²) in [6.07, 6.45) is 1.66. The average molecular weight is 561 g/mol. The number of hydrogen-bond acceptors (Lipinski definition) is 3. The lowest BCUT2D eigenvalue weighted by atomic mass is 9.87. The number of aromatic nitrogens is 1. The molecule has 5 nitrogen and oxygen atoms in total. The number of nitrogens with zero attached hydrogens (tertiary/aromatic N) is 2. The maximum Gasteiger partial charge on any atom is 0.277 e. The number of halogens is 2. The van der Waals surface area contributed by atoms with Crippen molar-refractivity contribution < 1.29 is 9.53 Å². The minimum Gasteiger partial charge on any atom is -0.483 e. The Hall–Kier alpha value is -2.38. The van der Waals surface area contributed by atoms with E-state index in [9.17, 15) is 4.79 Å². The fourth-order valence-electron chi connectivity index (χ4n) is 3.37. The van der Waals surface area contributed by atoms with E-state index in [-0.39, 0.29) is 17.9 Å². The summed E-state index contributed by atoms with van der Waals surface area (Å²) < 4.78 is 9.42. The van der Waals surface area contributed by atoms with E-state index in [0.29, 0.717) is 5.75 Å². The molecule has 0 saturated heterocycles. The maximum atomic E-state index is 12.1. The van der Waals surface area contributed by atoms with Gasteiger partial charge in [0.05, 0.1) is 10.7 Å². The number of ether oxygens (including phenoxy) is 1. The van der Waals surface area contributed by atoms with Gasteiger partial charge in [0.1, 0.15) is 5.75 Å². The second-order valence-corrected chi connectivity index (χ2v) is 10.4. The molecule has 168 valence electrons. The first-order chi connectivity index (χ1) is 15.1. The number of hydrogen-bond donors (Lipinski definition) is 1. The van der Waals surface area contributed by atoms with Gasteiger partial charge in [-0.3, -0.25) is 4.79 Å². The fraction of sp³-hybridized carbons (Fsp3) is 0.280. The van der Waals surface area contributed by atoms with Gasteiger partial charge in [-0.2, -0.15) is 5.10 Å². The van der Waals surface area contributed by atoms with Gasteiger partial charge in [-0.1, -0.05) is 48.8 Å². The van der Waals surface area contributed by atoms with Crippen LogP contribution >= 0.6 is 31.9 Å². The van der Waals surface area contributed by atoms with Crippen molar-refractivity contribution in [2.24, 2.45) is 5.10 Å². The quantitative estimate of drug-likeness (QED) is 0.278. The summed E-state index contributed by atoms with van der Waals surface area (Å²) in [4.78, 5) is 12.1. The number of carbonyl (C=O) groups excluding carboxylic acids is 1. The molecule has 0 atom stereocenters. The summed E-state index contributed by atoms with van der Waals surface area (Å²) >= 11 is 6.80. The predicted molar refractivity (Wildman–Crippen MR) is 137 cm³/mol. The summed E-state index contributed by atoms with van der Waals surface area (Å²) in [5.74, 6) is 0.260. The van der Waals surface area contributed by atoms with Gasteiger partial charge in [-0.25, -0.2) is 5.43 Å². The van der Waals surface area contributed by atoms with Gasteiger partial charge >= 0.3 is 0 Å². The fourth-order valence-corrected chi connectivity index (χ4v) is 4.53. The van der Waals surface area contributed by atoms with Crippen LogP contribution in [0.5, 0.6) is 5.75 Å². The first-order valence-corrected chi connectivity index (χ1v) is 11.8. The highest BCUT2D eigenvalue weighted by Gasteiger charge is 2.15. The first kappa shape index (κ1) is 24.3. The van der Waals surface area contributed by atoms with Crippen molar-refractivity contribution in [1.82, 2.24) is 9.99 Å². The standard InChI is InChI=1S/C25H27Br2N3O2/c1-16-12-18(17(2)30(16)21-9-6-19(7-10-21)25(3,4)5)14-28-29-24(31)15-32-23-11-8-20(26)13-22(23)27/h6-14H,15H2,1-5H3,(H,29,31)/b28-14+. The van der Waals surface area contributed by atoms with Crippen molar-refractivity contribution in [1.29, 1.82) is 0 Å². The Morgan fingerprint density at radius 3 is 2.41 bits per heavy atom. The molecule has 0 fully saturated rings. The Kier molecular flexibility index (Phi) is 7.62. The highest BCUT2D eigenvalue weighted by Crippen LogP contribution is 2.28. The number of benzene rings is 2. The molecule has 7 heteroatoms. The Morgan fingerprint density at radius 2 is 1.78 bits per heavy atom. The zero-order valence-corrected chi connectivity index (χ0v) is 22.0. The lowest BCUT2D eigenvalue weighted by Gasteiger charge is -2.20. The molecule has 2 aromatic carbocycles. The molecule has 0 saturated carbocycles. The van der Waals surface area contributed by atoms with Crippen LogP contribution in [0.4, 0.5) is 0 Å². The number of rotatable bonds is 6. The number of hydrazone groups is 1. The van der Waals surface area contributed by atoms with E-state index in [2.05, 4.69) is 105 Å². The van der Waals surface area contributed by atoms with Gasteiger partial charge in [0.15, 0.2) is 6.61 Å². The first-order valence-electron chi connectivity index (χ1n) is 10.3. The van der Waals surface area contributed by atoms with Gasteiger partial charge in [0.25, 0.3) is 5.91 Å². The predicted octanol–water partition coefficient (Wildman–Crippen LogP) is 6.45. The lowest BCUT2D eigenvalue weighted by Crippen LogP contribution is -2.24. The average Bonchev–Trinajstić information content (AvgIpc) is 3.00. The van der Waals surface area contributed by atoms with Crippen LogP contribution in [0.1, 0.15) is 43.3 Å². The van der Waals surface area contributed by atoms with Crippen molar-refractivity contribution in [3.05, 3.63) is 80.0 Å². The second-order valence-electron chi connectivity index (χ2n) is 8.62. The summed E-state index contributed by atoms with van der Waals surface area (Å²) in [5.41, 5.74) is 8.14. The van der Waals surface area contributed by atoms with Crippen LogP contribution in [-0.4, -0.2) is 23.3 Å². The van der Waals surface area contributed by atoms with E-state index in [1.807, 2.05) is 19.1 Å². The normalized spacial score (nSPS) is 11.7. The van der Waals surface area contributed by atoms with Crippen LogP contribution < -0.4 is 10.2 Å². The van der Waals surface area contributed by atoms with Crippen LogP contribution in [0.2, 0.25) is 0 Å². The minimum atomic E-state index is -0.331. The largest absolute Gasteiger partial charge is 0.483 e. The van der Waals surface area contributed by atoms with Gasteiger partial charge in [0, 0.05) is 27.1 Å². The van der Waals surface area contributed by atoms with Crippen molar-refractivity contribution in [3.8, 4) is 11.4 Å². The third kappa shape index (κ3) is 5.90. The topological polar surface area (TPSA) is 55.6 Å². The SMILES string of the molecule is Cc1cc(/C=N/NC(=O)COc2ccc(Br)cc2Br)c(C)n1-c1ccc(C(C)(C)C)cc1. The summed E-state index contributed by atoms with van der Waals surface area (Å²) in [5, 5.41) is 4.11. The number of nitrogens with one attached hydrogen (secondary N) is 1. The van der Waals surface area contributed by atoms with Gasteiger partial charge in [0.2, 0.25) is 0 Å². The van der Waals surface area contributed by atoms with Gasteiger partial charge in [-0.15, -0.1) is 0 Å². The number of amides is 1. The van der Waals surface area contributed by atoms with Gasteiger partial charge in [-0.05, 0) is 77.2 Å². The van der Waals surface area contributed by atoms with Crippen molar-refractivity contribution >= 4 is 44.0 Å². The van der Waals surface area contributed by atoms with Crippen molar-refractivity contribution in [3.63, 3.8) is 0 Å². The molecule has 1 aromatic heterocycles. The molecule has 1 N–H and O–H groups in total. The van der Waals surface area contributed by atoms with Crippen LogP contribution in [0.25, 0.3) is 5.69 Å². The summed E-state index contributed by atoms with van der Waals surface area (Å²) in [7, 11) is 0. The molecule has 0 spiro atoms. The van der Waals surface area contributed by atoms with Gasteiger partial charge < -0.3 is 9.30 Å². The molecular formula is C25H27Br2N3O2. The lowest BCUT2D eigenvalue weighted by molar-refractivity contribution is -0.123. The van der Waals surface area contributed by atoms with E-state index in [4.69, 9.17) is 4.74 Å². The molecule has 0 aliphatic carbocycles. The van der Waals surface area contributed by atoms with E-state index in [1.165, 1.54) is 5.56 Å². The second kappa shape index (κ2) is 10.0.